The first-order valence-corrected chi connectivity index (χ1v) is 6.88. The summed E-state index contributed by atoms with van der Waals surface area (Å²) in [6, 6.07) is 8.94. The molecule has 1 N–H and O–H groups in total. The number of ether oxygens (including phenoxy) is 2. The SMILES string of the molecule is COCCOc1ccc(Nc2ccc3nnnn3n2)cc1Cl. The van der Waals surface area contributed by atoms with Crippen molar-refractivity contribution in [3.05, 3.63) is 35.4 Å². The summed E-state index contributed by atoms with van der Waals surface area (Å²) >= 11 is 6.19. The van der Waals surface area contributed by atoms with Gasteiger partial charge in [-0.25, -0.2) is 0 Å². The lowest BCUT2D eigenvalue weighted by atomic mass is 10.3. The molecule has 3 rings (SSSR count). The molecule has 0 bridgehead atoms. The summed E-state index contributed by atoms with van der Waals surface area (Å²) in [6.07, 6.45) is 0. The number of tetrazole rings is 1. The van der Waals surface area contributed by atoms with Crippen LogP contribution in [0.3, 0.4) is 0 Å². The van der Waals surface area contributed by atoms with Crippen molar-refractivity contribution in [3.63, 3.8) is 0 Å². The number of nitrogens with one attached hydrogen (secondary N) is 1. The van der Waals surface area contributed by atoms with E-state index in [1.807, 2.05) is 6.07 Å². The molecule has 2 aromatic heterocycles. The van der Waals surface area contributed by atoms with Gasteiger partial charge in [-0.1, -0.05) is 11.6 Å². The molecule has 0 spiro atoms. The molecule has 0 aliphatic rings. The van der Waals surface area contributed by atoms with Crippen LogP contribution in [0.5, 0.6) is 5.75 Å². The number of hydrogen-bond donors (Lipinski definition) is 1. The number of nitrogens with zero attached hydrogens (tertiary/aromatic N) is 5. The highest BCUT2D eigenvalue weighted by atomic mass is 35.5. The maximum atomic E-state index is 6.19. The molecule has 22 heavy (non-hydrogen) atoms. The zero-order valence-corrected chi connectivity index (χ0v) is 12.5. The highest BCUT2D eigenvalue weighted by Gasteiger charge is 2.05. The van der Waals surface area contributed by atoms with Crippen LogP contribution in [-0.4, -0.2) is 45.6 Å². The predicted molar refractivity (Wildman–Crippen MR) is 80.7 cm³/mol. The Kier molecular flexibility index (Phi) is 4.31. The Hall–Kier alpha value is -2.45. The highest BCUT2D eigenvalue weighted by molar-refractivity contribution is 6.32. The van der Waals surface area contributed by atoms with Gasteiger partial charge in [0.25, 0.3) is 0 Å². The second kappa shape index (κ2) is 6.54. The molecule has 9 heteroatoms. The fraction of sp³-hybridized carbons (Fsp3) is 0.231. The first-order valence-electron chi connectivity index (χ1n) is 6.50. The Morgan fingerprint density at radius 3 is 2.95 bits per heavy atom. The average molecular weight is 321 g/mol. The number of anilines is 2. The van der Waals surface area contributed by atoms with Gasteiger partial charge in [-0.15, -0.1) is 14.8 Å². The van der Waals surface area contributed by atoms with E-state index in [0.717, 1.165) is 5.69 Å². The van der Waals surface area contributed by atoms with E-state index in [4.69, 9.17) is 21.1 Å². The van der Waals surface area contributed by atoms with E-state index in [2.05, 4.69) is 25.9 Å². The van der Waals surface area contributed by atoms with Crippen molar-refractivity contribution in [2.24, 2.45) is 0 Å². The first kappa shape index (κ1) is 14.5. The normalized spacial score (nSPS) is 10.8. The van der Waals surface area contributed by atoms with Gasteiger partial charge in [0.1, 0.15) is 12.4 Å². The lowest BCUT2D eigenvalue weighted by molar-refractivity contribution is 0.146. The largest absolute Gasteiger partial charge is 0.490 e. The summed E-state index contributed by atoms with van der Waals surface area (Å²) < 4.78 is 11.8. The van der Waals surface area contributed by atoms with Gasteiger partial charge in [0.15, 0.2) is 11.5 Å². The zero-order chi connectivity index (χ0) is 15.4. The third-order valence-corrected chi connectivity index (χ3v) is 3.11. The van der Waals surface area contributed by atoms with Crippen LogP contribution in [0.2, 0.25) is 5.02 Å². The molecule has 114 valence electrons. The van der Waals surface area contributed by atoms with Crippen molar-refractivity contribution < 1.29 is 9.47 Å². The molecule has 3 aromatic rings. The second-order valence-electron chi connectivity index (χ2n) is 4.36. The molecule has 1 aromatic carbocycles. The summed E-state index contributed by atoms with van der Waals surface area (Å²) in [5.74, 6) is 1.21. The Bertz CT molecular complexity index is 778. The second-order valence-corrected chi connectivity index (χ2v) is 4.76. The van der Waals surface area contributed by atoms with Crippen LogP contribution < -0.4 is 10.1 Å². The van der Waals surface area contributed by atoms with E-state index < -0.39 is 0 Å². The molecule has 0 unspecified atom stereocenters. The topological polar surface area (TPSA) is 86.5 Å². The molecular weight excluding hydrogens is 308 g/mol. The van der Waals surface area contributed by atoms with E-state index in [1.165, 1.54) is 4.63 Å². The van der Waals surface area contributed by atoms with Crippen LogP contribution in [0.4, 0.5) is 11.5 Å². The Labute approximate surface area is 131 Å². The molecule has 2 heterocycles. The highest BCUT2D eigenvalue weighted by Crippen LogP contribution is 2.28. The Morgan fingerprint density at radius 2 is 2.14 bits per heavy atom. The number of benzene rings is 1. The van der Waals surface area contributed by atoms with E-state index in [1.54, 1.807) is 31.4 Å². The van der Waals surface area contributed by atoms with Gasteiger partial charge in [-0.05, 0) is 40.8 Å². The summed E-state index contributed by atoms with van der Waals surface area (Å²) in [5, 5.41) is 18.9. The molecular formula is C13H13ClN6O2. The first-order chi connectivity index (χ1) is 10.8. The molecule has 0 radical (unpaired) electrons. The molecule has 8 nitrogen and oxygen atoms in total. The Morgan fingerprint density at radius 1 is 1.23 bits per heavy atom. The lowest BCUT2D eigenvalue weighted by Crippen LogP contribution is -2.05. The lowest BCUT2D eigenvalue weighted by Gasteiger charge is -2.10. The smallest absolute Gasteiger partial charge is 0.200 e. The fourth-order valence-corrected chi connectivity index (χ4v) is 2.03. The third kappa shape index (κ3) is 3.23. The number of rotatable bonds is 6. The minimum Gasteiger partial charge on any atom is -0.490 e. The summed E-state index contributed by atoms with van der Waals surface area (Å²) in [5.41, 5.74) is 1.36. The monoisotopic (exact) mass is 320 g/mol. The van der Waals surface area contributed by atoms with E-state index in [0.29, 0.717) is 35.5 Å². The van der Waals surface area contributed by atoms with Crippen molar-refractivity contribution in [2.75, 3.05) is 25.6 Å². The molecule has 0 saturated heterocycles. The number of halogens is 1. The van der Waals surface area contributed by atoms with Crippen LogP contribution in [0.15, 0.2) is 30.3 Å². The van der Waals surface area contributed by atoms with Crippen molar-refractivity contribution in [3.8, 4) is 5.75 Å². The molecule has 0 aliphatic carbocycles. The summed E-state index contributed by atoms with van der Waals surface area (Å²) in [6.45, 7) is 0.951. The third-order valence-electron chi connectivity index (χ3n) is 2.82. The van der Waals surface area contributed by atoms with Crippen molar-refractivity contribution in [1.29, 1.82) is 0 Å². The van der Waals surface area contributed by atoms with Gasteiger partial charge in [-0.2, -0.15) is 0 Å². The summed E-state index contributed by atoms with van der Waals surface area (Å²) in [4.78, 5) is 0. The minimum atomic E-state index is 0.445. The maximum Gasteiger partial charge on any atom is 0.200 e. The van der Waals surface area contributed by atoms with Gasteiger partial charge in [0.05, 0.1) is 11.6 Å². The van der Waals surface area contributed by atoms with Gasteiger partial charge in [0, 0.05) is 12.8 Å². The van der Waals surface area contributed by atoms with Crippen molar-refractivity contribution in [2.45, 2.75) is 0 Å². The van der Waals surface area contributed by atoms with Crippen molar-refractivity contribution in [1.82, 2.24) is 25.3 Å². The fourth-order valence-electron chi connectivity index (χ4n) is 1.79. The van der Waals surface area contributed by atoms with Gasteiger partial charge in [-0.3, -0.25) is 0 Å². The maximum absolute atomic E-state index is 6.19. The van der Waals surface area contributed by atoms with Crippen LogP contribution in [-0.2, 0) is 4.74 Å². The van der Waals surface area contributed by atoms with E-state index in [-0.39, 0.29) is 0 Å². The van der Waals surface area contributed by atoms with Crippen LogP contribution in [0.25, 0.3) is 5.65 Å². The van der Waals surface area contributed by atoms with Gasteiger partial charge >= 0.3 is 0 Å². The number of methoxy groups -OCH3 is 1. The molecule has 0 fully saturated rings. The zero-order valence-electron chi connectivity index (χ0n) is 11.7. The summed E-state index contributed by atoms with van der Waals surface area (Å²) in [7, 11) is 1.62. The predicted octanol–water partition coefficient (Wildman–Crippen LogP) is 1.94. The van der Waals surface area contributed by atoms with Gasteiger partial charge in [0.2, 0.25) is 0 Å². The molecule has 0 aliphatic heterocycles. The van der Waals surface area contributed by atoms with E-state index in [9.17, 15) is 0 Å². The van der Waals surface area contributed by atoms with Crippen LogP contribution in [0, 0.1) is 0 Å². The number of aromatic nitrogens is 5. The molecule has 0 atom stereocenters. The van der Waals surface area contributed by atoms with Crippen LogP contribution in [0.1, 0.15) is 0 Å². The number of hydrogen-bond acceptors (Lipinski definition) is 7. The molecule has 0 amide bonds. The quantitative estimate of drug-likeness (QED) is 0.694. The van der Waals surface area contributed by atoms with Crippen molar-refractivity contribution >= 4 is 28.8 Å². The standard InChI is InChI=1S/C13H13ClN6O2/c1-21-6-7-22-11-3-2-9(8-10(11)14)15-12-4-5-13-16-18-19-20(13)17-12/h2-5,8H,6-7H2,1H3,(H,15,17). The minimum absolute atomic E-state index is 0.445. The average Bonchev–Trinajstić information content (AvgIpc) is 2.97. The van der Waals surface area contributed by atoms with Crippen LogP contribution >= 0.6 is 11.6 Å². The number of fused-ring (bicyclic) bond motifs is 1. The Balaban J connectivity index is 1.73. The van der Waals surface area contributed by atoms with E-state index >= 15 is 0 Å². The van der Waals surface area contributed by atoms with Gasteiger partial charge < -0.3 is 14.8 Å². The molecule has 0 saturated carbocycles.